The van der Waals surface area contributed by atoms with Crippen molar-refractivity contribution < 1.29 is 39.3 Å². The van der Waals surface area contributed by atoms with Crippen molar-refractivity contribution in [3.05, 3.63) is 29.8 Å². The highest BCUT2D eigenvalue weighted by Gasteiger charge is 2.32. The average molecular weight is 510 g/mol. The summed E-state index contributed by atoms with van der Waals surface area (Å²) in [6, 6.07) is 0.983. The number of nitrogens with two attached hydrogens (primary N) is 2. The SMILES string of the molecule is CCC(C)C(NC(=O)C(CCC(N)=O)NC(=O)C(N)Cc1ccc(O)cc1)C(=O)NC(CO)C(=O)O. The maximum atomic E-state index is 13.0. The van der Waals surface area contributed by atoms with E-state index in [-0.39, 0.29) is 25.0 Å². The second-order valence-electron chi connectivity index (χ2n) is 8.50. The van der Waals surface area contributed by atoms with E-state index in [1.165, 1.54) is 12.1 Å². The van der Waals surface area contributed by atoms with Gasteiger partial charge in [-0.05, 0) is 36.5 Å². The van der Waals surface area contributed by atoms with Crippen LogP contribution in [0.1, 0.15) is 38.7 Å². The van der Waals surface area contributed by atoms with Crippen LogP contribution in [0.15, 0.2) is 24.3 Å². The van der Waals surface area contributed by atoms with Crippen molar-refractivity contribution in [3.8, 4) is 5.75 Å². The van der Waals surface area contributed by atoms with Gasteiger partial charge < -0.3 is 42.7 Å². The van der Waals surface area contributed by atoms with Crippen molar-refractivity contribution in [1.82, 2.24) is 16.0 Å². The Morgan fingerprint density at radius 1 is 0.944 bits per heavy atom. The number of benzene rings is 1. The van der Waals surface area contributed by atoms with Gasteiger partial charge in [0, 0.05) is 6.42 Å². The minimum atomic E-state index is -1.57. The molecule has 0 spiro atoms. The zero-order valence-corrected chi connectivity index (χ0v) is 20.3. The highest BCUT2D eigenvalue weighted by Crippen LogP contribution is 2.12. The van der Waals surface area contributed by atoms with Gasteiger partial charge in [0.15, 0.2) is 0 Å². The molecule has 0 aliphatic carbocycles. The summed E-state index contributed by atoms with van der Waals surface area (Å²) in [4.78, 5) is 60.9. The molecule has 0 aliphatic heterocycles. The van der Waals surface area contributed by atoms with Crippen LogP contribution in [0, 0.1) is 5.92 Å². The van der Waals surface area contributed by atoms with E-state index < -0.39 is 66.3 Å². The molecule has 0 radical (unpaired) electrons. The molecule has 4 amide bonds. The summed E-state index contributed by atoms with van der Waals surface area (Å²) in [5, 5.41) is 34.8. The van der Waals surface area contributed by atoms with E-state index in [1.54, 1.807) is 26.0 Å². The number of phenolic OH excluding ortho intramolecular Hbond substituents is 1. The minimum Gasteiger partial charge on any atom is -0.508 e. The third-order valence-corrected chi connectivity index (χ3v) is 5.63. The summed E-state index contributed by atoms with van der Waals surface area (Å²) in [5.41, 5.74) is 11.8. The number of carbonyl (C=O) groups is 5. The highest BCUT2D eigenvalue weighted by atomic mass is 16.4. The lowest BCUT2D eigenvalue weighted by Crippen LogP contribution is -2.59. The first kappa shape index (κ1) is 30.3. The number of carbonyl (C=O) groups excluding carboxylic acids is 4. The van der Waals surface area contributed by atoms with E-state index in [0.717, 1.165) is 0 Å². The number of amides is 4. The second-order valence-corrected chi connectivity index (χ2v) is 8.50. The summed E-state index contributed by atoms with van der Waals surface area (Å²) in [6.45, 7) is 2.56. The van der Waals surface area contributed by atoms with Crippen LogP contribution >= 0.6 is 0 Å². The monoisotopic (exact) mass is 509 g/mol. The zero-order chi connectivity index (χ0) is 27.4. The number of aliphatic carboxylic acids is 1. The normalized spacial score (nSPS) is 15.0. The van der Waals surface area contributed by atoms with Crippen LogP contribution in [0.3, 0.4) is 0 Å². The predicted octanol–water partition coefficient (Wildman–Crippen LogP) is -1.90. The van der Waals surface area contributed by atoms with Gasteiger partial charge in [-0.25, -0.2) is 4.79 Å². The number of aromatic hydroxyl groups is 1. The van der Waals surface area contributed by atoms with Crippen molar-refractivity contribution in [1.29, 1.82) is 0 Å². The molecule has 36 heavy (non-hydrogen) atoms. The van der Waals surface area contributed by atoms with Gasteiger partial charge in [-0.15, -0.1) is 0 Å². The van der Waals surface area contributed by atoms with Crippen molar-refractivity contribution in [2.45, 2.75) is 63.7 Å². The largest absolute Gasteiger partial charge is 0.508 e. The first-order valence-electron chi connectivity index (χ1n) is 11.5. The Kier molecular flexibility index (Phi) is 12.3. The summed E-state index contributed by atoms with van der Waals surface area (Å²) < 4.78 is 0. The quantitative estimate of drug-likeness (QED) is 0.132. The average Bonchev–Trinajstić information content (AvgIpc) is 2.83. The fourth-order valence-corrected chi connectivity index (χ4v) is 3.22. The molecule has 13 heteroatoms. The number of carboxylic acids is 1. The molecule has 5 atom stereocenters. The molecule has 10 N–H and O–H groups in total. The van der Waals surface area contributed by atoms with E-state index in [1.807, 2.05) is 0 Å². The number of primary amides is 1. The molecule has 1 aromatic rings. The fourth-order valence-electron chi connectivity index (χ4n) is 3.22. The number of aliphatic hydroxyl groups excluding tert-OH is 1. The molecule has 0 saturated heterocycles. The molecule has 0 aromatic heterocycles. The number of phenols is 1. The summed E-state index contributed by atoms with van der Waals surface area (Å²) in [6.07, 6.45) is 0.135. The van der Waals surface area contributed by atoms with E-state index in [9.17, 15) is 34.2 Å². The molecule has 0 fully saturated rings. The molecular weight excluding hydrogens is 474 g/mol. The highest BCUT2D eigenvalue weighted by molar-refractivity contribution is 5.94. The third-order valence-electron chi connectivity index (χ3n) is 5.63. The molecule has 13 nitrogen and oxygen atoms in total. The molecule has 1 aromatic carbocycles. The van der Waals surface area contributed by atoms with Gasteiger partial charge in [-0.2, -0.15) is 0 Å². The second kappa shape index (κ2) is 14.6. The lowest BCUT2D eigenvalue weighted by Gasteiger charge is -2.27. The molecule has 5 unspecified atom stereocenters. The Morgan fingerprint density at radius 2 is 1.53 bits per heavy atom. The van der Waals surface area contributed by atoms with E-state index in [0.29, 0.717) is 12.0 Å². The van der Waals surface area contributed by atoms with Gasteiger partial charge in [-0.3, -0.25) is 19.2 Å². The number of hydrogen-bond donors (Lipinski definition) is 8. The first-order chi connectivity index (χ1) is 16.9. The molecule has 0 bridgehead atoms. The van der Waals surface area contributed by atoms with Gasteiger partial charge in [0.2, 0.25) is 23.6 Å². The first-order valence-corrected chi connectivity index (χ1v) is 11.5. The van der Waals surface area contributed by atoms with Crippen LogP contribution in [-0.4, -0.2) is 75.7 Å². The standard InChI is InChI=1S/C23H35N5O8/c1-3-12(2)19(22(34)27-17(11-29)23(35)36)28-21(33)16(8-9-18(25)31)26-20(32)15(24)10-13-4-6-14(30)7-5-13/h4-7,12,15-17,19,29-30H,3,8-11,24H2,1-2H3,(H2,25,31)(H,26,32)(H,27,34)(H,28,33)(H,35,36). The summed E-state index contributed by atoms with van der Waals surface area (Å²) >= 11 is 0. The van der Waals surface area contributed by atoms with Crippen LogP contribution < -0.4 is 27.4 Å². The topological polar surface area (TPSA) is 234 Å². The van der Waals surface area contributed by atoms with Crippen LogP contribution in [0.5, 0.6) is 5.75 Å². The predicted molar refractivity (Wildman–Crippen MR) is 128 cm³/mol. The van der Waals surface area contributed by atoms with Gasteiger partial charge in [0.25, 0.3) is 0 Å². The maximum Gasteiger partial charge on any atom is 0.328 e. The van der Waals surface area contributed by atoms with Gasteiger partial charge in [0.05, 0.1) is 12.6 Å². The van der Waals surface area contributed by atoms with Crippen molar-refractivity contribution in [2.24, 2.45) is 17.4 Å². The molecule has 0 saturated carbocycles. The third kappa shape index (κ3) is 9.88. The molecule has 200 valence electrons. The maximum absolute atomic E-state index is 13.0. The van der Waals surface area contributed by atoms with Crippen LogP contribution in [0.4, 0.5) is 0 Å². The molecule has 0 aliphatic rings. The zero-order valence-electron chi connectivity index (χ0n) is 20.3. The van der Waals surface area contributed by atoms with Gasteiger partial charge >= 0.3 is 5.97 Å². The molecule has 1 rings (SSSR count). The Balaban J connectivity index is 2.99. The number of nitrogens with one attached hydrogen (secondary N) is 3. The number of hydrogen-bond acceptors (Lipinski definition) is 8. The van der Waals surface area contributed by atoms with Gasteiger partial charge in [0.1, 0.15) is 23.9 Å². The summed E-state index contributed by atoms with van der Waals surface area (Å²) in [7, 11) is 0. The molecule has 0 heterocycles. The van der Waals surface area contributed by atoms with E-state index in [2.05, 4.69) is 16.0 Å². The number of aliphatic hydroxyl groups is 1. The lowest BCUT2D eigenvalue weighted by atomic mass is 9.97. The lowest BCUT2D eigenvalue weighted by molar-refractivity contribution is -0.143. The Hall–Kier alpha value is -3.71. The number of rotatable bonds is 15. The molecular formula is C23H35N5O8. The van der Waals surface area contributed by atoms with E-state index in [4.69, 9.17) is 16.6 Å². The van der Waals surface area contributed by atoms with Crippen LogP contribution in [0.2, 0.25) is 0 Å². The van der Waals surface area contributed by atoms with Crippen molar-refractivity contribution in [2.75, 3.05) is 6.61 Å². The number of carboxylic acid groups (broad SMARTS) is 1. The van der Waals surface area contributed by atoms with Crippen molar-refractivity contribution in [3.63, 3.8) is 0 Å². The van der Waals surface area contributed by atoms with Crippen LogP contribution in [0.25, 0.3) is 0 Å². The minimum absolute atomic E-state index is 0.0496. The summed E-state index contributed by atoms with van der Waals surface area (Å²) in [5.74, 6) is -4.86. The Labute approximate surface area is 208 Å². The van der Waals surface area contributed by atoms with Gasteiger partial charge in [-0.1, -0.05) is 32.4 Å². The fraction of sp³-hybridized carbons (Fsp3) is 0.522. The van der Waals surface area contributed by atoms with E-state index >= 15 is 0 Å². The van der Waals surface area contributed by atoms with Crippen molar-refractivity contribution >= 4 is 29.6 Å². The smallest absolute Gasteiger partial charge is 0.328 e. The Bertz CT molecular complexity index is 924. The Morgan fingerprint density at radius 3 is 2.03 bits per heavy atom. The van der Waals surface area contributed by atoms with Crippen LogP contribution in [-0.2, 0) is 30.4 Å².